The van der Waals surface area contributed by atoms with Crippen LogP contribution in [0.4, 0.5) is 4.39 Å². The van der Waals surface area contributed by atoms with Gasteiger partial charge in [0.1, 0.15) is 5.82 Å². The molecular formula is C22H25FN4OS. The summed E-state index contributed by atoms with van der Waals surface area (Å²) in [4.78, 5) is 19.4. The minimum Gasteiger partial charge on any atom is -0.333 e. The topological polar surface area (TPSA) is 61.9 Å². The first-order valence-electron chi connectivity index (χ1n) is 9.45. The van der Waals surface area contributed by atoms with E-state index in [4.69, 9.17) is 0 Å². The van der Waals surface area contributed by atoms with Gasteiger partial charge < -0.3 is 4.90 Å². The van der Waals surface area contributed by atoms with Gasteiger partial charge in [-0.2, -0.15) is 0 Å². The van der Waals surface area contributed by atoms with Crippen molar-refractivity contribution in [3.05, 3.63) is 66.0 Å². The summed E-state index contributed by atoms with van der Waals surface area (Å²) in [7, 11) is 0. The Balaban J connectivity index is 1.74. The summed E-state index contributed by atoms with van der Waals surface area (Å²) in [5.41, 5.74) is 1.10. The van der Waals surface area contributed by atoms with Gasteiger partial charge in [0, 0.05) is 12.1 Å². The lowest BCUT2D eigenvalue weighted by Gasteiger charge is -2.37. The number of nitrogens with zero attached hydrogens (tertiary/aromatic N) is 3. The Hall–Kier alpha value is -2.67. The highest BCUT2D eigenvalue weighted by molar-refractivity contribution is 8.00. The van der Waals surface area contributed by atoms with Crippen LogP contribution >= 0.6 is 11.8 Å². The standard InChI is InChI=1S/C22H25FN4OS/c1-15(20(28)27(22(2,3)4)14-16-10-6-5-7-11-16)29-21-24-19(25-26-21)17-12-8-9-13-18(17)23/h5-13,15H,14H2,1-4H3,(H,24,25,26)/t15-/m1/s1. The van der Waals surface area contributed by atoms with Crippen LogP contribution in [0.3, 0.4) is 0 Å². The molecule has 0 bridgehead atoms. The molecule has 0 radical (unpaired) electrons. The molecule has 0 aliphatic rings. The van der Waals surface area contributed by atoms with Crippen LogP contribution in [0.25, 0.3) is 11.4 Å². The van der Waals surface area contributed by atoms with Crippen LogP contribution < -0.4 is 0 Å². The number of aromatic nitrogens is 3. The molecule has 0 fully saturated rings. The van der Waals surface area contributed by atoms with Crippen molar-refractivity contribution in [1.82, 2.24) is 20.1 Å². The highest BCUT2D eigenvalue weighted by Gasteiger charge is 2.31. The van der Waals surface area contributed by atoms with Crippen LogP contribution in [-0.2, 0) is 11.3 Å². The summed E-state index contributed by atoms with van der Waals surface area (Å²) in [6, 6.07) is 16.3. The summed E-state index contributed by atoms with van der Waals surface area (Å²) >= 11 is 1.26. The summed E-state index contributed by atoms with van der Waals surface area (Å²) < 4.78 is 14.0. The van der Waals surface area contributed by atoms with E-state index < -0.39 is 0 Å². The molecule has 3 rings (SSSR count). The van der Waals surface area contributed by atoms with Crippen LogP contribution in [-0.4, -0.2) is 36.8 Å². The molecular weight excluding hydrogens is 387 g/mol. The molecule has 0 saturated heterocycles. The minimum absolute atomic E-state index is 0.00333. The predicted molar refractivity (Wildman–Crippen MR) is 114 cm³/mol. The lowest BCUT2D eigenvalue weighted by atomic mass is 10.0. The van der Waals surface area contributed by atoms with Gasteiger partial charge in [-0.15, -0.1) is 5.10 Å². The molecule has 2 aromatic carbocycles. The maximum atomic E-state index is 14.0. The zero-order valence-electron chi connectivity index (χ0n) is 17.0. The Kier molecular flexibility index (Phi) is 6.37. The van der Waals surface area contributed by atoms with E-state index in [1.54, 1.807) is 18.2 Å². The van der Waals surface area contributed by atoms with Gasteiger partial charge in [-0.25, -0.2) is 9.37 Å². The zero-order valence-corrected chi connectivity index (χ0v) is 17.8. The molecule has 1 aromatic heterocycles. The van der Waals surface area contributed by atoms with E-state index in [2.05, 4.69) is 15.2 Å². The fourth-order valence-corrected chi connectivity index (χ4v) is 3.70. The zero-order chi connectivity index (χ0) is 21.0. The summed E-state index contributed by atoms with van der Waals surface area (Å²) in [5, 5.41) is 6.94. The number of nitrogens with one attached hydrogen (secondary N) is 1. The van der Waals surface area contributed by atoms with Gasteiger partial charge in [-0.3, -0.25) is 9.89 Å². The summed E-state index contributed by atoms with van der Waals surface area (Å²) in [6.45, 7) is 8.44. The normalized spacial score (nSPS) is 12.6. The minimum atomic E-state index is -0.387. The molecule has 0 saturated carbocycles. The second-order valence-corrected chi connectivity index (χ2v) is 9.10. The Morgan fingerprint density at radius 3 is 2.45 bits per heavy atom. The number of rotatable bonds is 6. The fourth-order valence-electron chi connectivity index (χ4n) is 2.91. The highest BCUT2D eigenvalue weighted by Crippen LogP contribution is 2.27. The van der Waals surface area contributed by atoms with Crippen molar-refractivity contribution >= 4 is 17.7 Å². The average Bonchev–Trinajstić information content (AvgIpc) is 3.14. The van der Waals surface area contributed by atoms with Gasteiger partial charge in [0.2, 0.25) is 11.1 Å². The lowest BCUT2D eigenvalue weighted by Crippen LogP contribution is -2.48. The predicted octanol–water partition coefficient (Wildman–Crippen LogP) is 4.92. The smallest absolute Gasteiger partial charge is 0.236 e. The molecule has 5 nitrogen and oxygen atoms in total. The van der Waals surface area contributed by atoms with Crippen LogP contribution in [0.5, 0.6) is 0 Å². The van der Waals surface area contributed by atoms with Crippen molar-refractivity contribution in [2.75, 3.05) is 0 Å². The highest BCUT2D eigenvalue weighted by atomic mass is 32.2. The maximum Gasteiger partial charge on any atom is 0.236 e. The molecule has 1 amide bonds. The second kappa shape index (κ2) is 8.78. The van der Waals surface area contributed by atoms with Gasteiger partial charge in [0.25, 0.3) is 0 Å². The van der Waals surface area contributed by atoms with Crippen molar-refractivity contribution in [3.63, 3.8) is 0 Å². The van der Waals surface area contributed by atoms with Crippen molar-refractivity contribution in [3.8, 4) is 11.4 Å². The SMILES string of the molecule is C[C@@H](Sc1n[nH]c(-c2ccccc2F)n1)C(=O)N(Cc1ccccc1)C(C)(C)C. The van der Waals surface area contributed by atoms with Crippen molar-refractivity contribution < 1.29 is 9.18 Å². The number of carbonyl (C=O) groups is 1. The molecule has 0 unspecified atom stereocenters. The number of H-pyrrole nitrogens is 1. The van der Waals surface area contributed by atoms with Crippen molar-refractivity contribution in [1.29, 1.82) is 0 Å². The average molecular weight is 413 g/mol. The number of thioether (sulfide) groups is 1. The number of carbonyl (C=O) groups excluding carboxylic acids is 1. The third kappa shape index (κ3) is 5.23. The molecule has 1 heterocycles. The third-order valence-corrected chi connectivity index (χ3v) is 5.43. The van der Waals surface area contributed by atoms with E-state index in [1.165, 1.54) is 17.8 Å². The van der Waals surface area contributed by atoms with Crippen LogP contribution in [0.15, 0.2) is 59.8 Å². The van der Waals surface area contributed by atoms with Crippen LogP contribution in [0, 0.1) is 5.82 Å². The number of hydrogen-bond acceptors (Lipinski definition) is 4. The molecule has 29 heavy (non-hydrogen) atoms. The van der Waals surface area contributed by atoms with Gasteiger partial charge >= 0.3 is 0 Å². The Bertz CT molecular complexity index is 968. The lowest BCUT2D eigenvalue weighted by molar-refractivity contribution is -0.135. The number of aromatic amines is 1. The van der Waals surface area contributed by atoms with Crippen LogP contribution in [0.1, 0.15) is 33.3 Å². The van der Waals surface area contributed by atoms with Crippen LogP contribution in [0.2, 0.25) is 0 Å². The quantitative estimate of drug-likeness (QED) is 0.584. The number of halogens is 1. The number of hydrogen-bond donors (Lipinski definition) is 1. The second-order valence-electron chi connectivity index (χ2n) is 7.79. The first kappa shape index (κ1) is 21.0. The molecule has 7 heteroatoms. The molecule has 1 atom stereocenters. The molecule has 0 aliphatic carbocycles. The summed E-state index contributed by atoms with van der Waals surface area (Å²) in [6.07, 6.45) is 0. The Labute approximate surface area is 174 Å². The molecule has 1 N–H and O–H groups in total. The van der Waals surface area contributed by atoms with E-state index in [0.717, 1.165) is 5.56 Å². The van der Waals surface area contributed by atoms with E-state index in [9.17, 15) is 9.18 Å². The number of benzene rings is 2. The van der Waals surface area contributed by atoms with E-state index in [0.29, 0.717) is 23.1 Å². The fraction of sp³-hybridized carbons (Fsp3) is 0.318. The molecule has 0 spiro atoms. The van der Waals surface area contributed by atoms with Gasteiger partial charge in [-0.05, 0) is 45.4 Å². The monoisotopic (exact) mass is 412 g/mol. The van der Waals surface area contributed by atoms with Crippen molar-refractivity contribution in [2.24, 2.45) is 0 Å². The third-order valence-electron chi connectivity index (χ3n) is 4.48. The molecule has 0 aliphatic heterocycles. The number of amides is 1. The molecule has 152 valence electrons. The van der Waals surface area contributed by atoms with Gasteiger partial charge in [-0.1, -0.05) is 54.2 Å². The van der Waals surface area contributed by atoms with Gasteiger partial charge in [0.05, 0.1) is 10.8 Å². The largest absolute Gasteiger partial charge is 0.333 e. The first-order valence-corrected chi connectivity index (χ1v) is 10.3. The maximum absolute atomic E-state index is 14.0. The first-order chi connectivity index (χ1) is 13.8. The van der Waals surface area contributed by atoms with E-state index in [1.807, 2.05) is 62.9 Å². The van der Waals surface area contributed by atoms with Crippen molar-refractivity contribution in [2.45, 2.75) is 50.2 Å². The van der Waals surface area contributed by atoms with E-state index >= 15 is 0 Å². The molecule has 3 aromatic rings. The summed E-state index contributed by atoms with van der Waals surface area (Å²) in [5.74, 6) is -0.0168. The Morgan fingerprint density at radius 2 is 1.79 bits per heavy atom. The Morgan fingerprint density at radius 1 is 1.14 bits per heavy atom. The van der Waals surface area contributed by atoms with Gasteiger partial charge in [0.15, 0.2) is 5.82 Å². The van der Waals surface area contributed by atoms with E-state index in [-0.39, 0.29) is 22.5 Å².